The molecule has 0 aromatic carbocycles. The van der Waals surface area contributed by atoms with Crippen LogP contribution in [0.15, 0.2) is 37.3 Å². The van der Waals surface area contributed by atoms with Crippen LogP contribution in [0.3, 0.4) is 0 Å². The number of aromatic nitrogens is 5. The molecule has 4 heterocycles. The molecule has 0 bridgehead atoms. The summed E-state index contributed by atoms with van der Waals surface area (Å²) < 4.78 is 7.42. The molecule has 21 heavy (non-hydrogen) atoms. The average molecular weight is 282 g/mol. The predicted octanol–water partition coefficient (Wildman–Crippen LogP) is 1.02. The molecule has 7 nitrogen and oxygen atoms in total. The molecule has 7 heteroatoms. The molecular formula is C14H14N6O. The van der Waals surface area contributed by atoms with E-state index in [0.29, 0.717) is 0 Å². The Hall–Kier alpha value is -2.54. The van der Waals surface area contributed by atoms with Crippen LogP contribution in [0.1, 0.15) is 0 Å². The van der Waals surface area contributed by atoms with E-state index in [9.17, 15) is 0 Å². The maximum Gasteiger partial charge on any atom is 0.180 e. The molecule has 106 valence electrons. The third kappa shape index (κ3) is 2.11. The molecule has 0 amide bonds. The van der Waals surface area contributed by atoms with Crippen LogP contribution >= 0.6 is 0 Å². The van der Waals surface area contributed by atoms with Gasteiger partial charge in [0.15, 0.2) is 11.5 Å². The molecule has 3 aromatic heterocycles. The number of hydrogen-bond donors (Lipinski definition) is 0. The number of fused-ring (bicyclic) bond motifs is 1. The van der Waals surface area contributed by atoms with Gasteiger partial charge in [-0.2, -0.15) is 0 Å². The lowest BCUT2D eigenvalue weighted by Gasteiger charge is -2.27. The van der Waals surface area contributed by atoms with Crippen molar-refractivity contribution in [3.8, 4) is 11.3 Å². The fourth-order valence-corrected chi connectivity index (χ4v) is 2.55. The molecule has 1 aliphatic heterocycles. The minimum Gasteiger partial charge on any atom is -0.378 e. The number of hydrogen-bond acceptors (Lipinski definition) is 6. The van der Waals surface area contributed by atoms with Gasteiger partial charge in [0.05, 0.1) is 25.1 Å². The number of nitrogens with zero attached hydrogens (tertiary/aromatic N) is 6. The Balaban J connectivity index is 1.83. The minimum absolute atomic E-state index is 0.725. The second kappa shape index (κ2) is 5.10. The van der Waals surface area contributed by atoms with Crippen molar-refractivity contribution in [1.29, 1.82) is 0 Å². The molecule has 0 unspecified atom stereocenters. The van der Waals surface area contributed by atoms with Gasteiger partial charge in [-0.05, 0) is 0 Å². The Morgan fingerprint density at radius 1 is 1.00 bits per heavy atom. The van der Waals surface area contributed by atoms with E-state index < -0.39 is 0 Å². The molecule has 1 fully saturated rings. The maximum absolute atomic E-state index is 5.39. The smallest absolute Gasteiger partial charge is 0.180 e. The minimum atomic E-state index is 0.725. The van der Waals surface area contributed by atoms with E-state index in [1.54, 1.807) is 18.6 Å². The second-order valence-electron chi connectivity index (χ2n) is 4.81. The van der Waals surface area contributed by atoms with Crippen LogP contribution in [0.4, 0.5) is 5.82 Å². The summed E-state index contributed by atoms with van der Waals surface area (Å²) in [5, 5.41) is 0. The zero-order valence-corrected chi connectivity index (χ0v) is 11.4. The first-order valence-corrected chi connectivity index (χ1v) is 6.83. The monoisotopic (exact) mass is 282 g/mol. The lowest BCUT2D eigenvalue weighted by atomic mass is 10.2. The summed E-state index contributed by atoms with van der Waals surface area (Å²) in [5.74, 6) is 0.892. The fourth-order valence-electron chi connectivity index (χ4n) is 2.55. The number of anilines is 1. The van der Waals surface area contributed by atoms with Gasteiger partial charge in [0.1, 0.15) is 6.33 Å². The van der Waals surface area contributed by atoms with Gasteiger partial charge in [-0.1, -0.05) is 0 Å². The van der Waals surface area contributed by atoms with Crippen LogP contribution in [-0.4, -0.2) is 50.6 Å². The summed E-state index contributed by atoms with van der Waals surface area (Å²) in [6, 6.07) is 0. The summed E-state index contributed by atoms with van der Waals surface area (Å²) >= 11 is 0. The standard InChI is InChI=1S/C14H14N6O/c1-2-20-12(11-7-15-10-16-8-11)9-18-14(20)13(17-1)19-3-5-21-6-4-19/h1-2,7-10H,3-6H2. The summed E-state index contributed by atoms with van der Waals surface area (Å²) in [4.78, 5) is 19.4. The van der Waals surface area contributed by atoms with Crippen LogP contribution < -0.4 is 4.90 Å². The Kier molecular flexibility index (Phi) is 2.97. The van der Waals surface area contributed by atoms with Crippen molar-refractivity contribution in [2.24, 2.45) is 0 Å². The third-order valence-electron chi connectivity index (χ3n) is 3.58. The SMILES string of the molecule is c1ncc(-c2cnc3c(N4CCOCC4)nccn23)cn1. The molecule has 1 aliphatic rings. The highest BCUT2D eigenvalue weighted by Gasteiger charge is 2.18. The maximum atomic E-state index is 5.39. The molecular weight excluding hydrogens is 268 g/mol. The molecule has 0 N–H and O–H groups in total. The summed E-state index contributed by atoms with van der Waals surface area (Å²) in [6.45, 7) is 3.12. The van der Waals surface area contributed by atoms with Crippen LogP contribution in [0.2, 0.25) is 0 Å². The largest absolute Gasteiger partial charge is 0.378 e. The topological polar surface area (TPSA) is 68.4 Å². The quantitative estimate of drug-likeness (QED) is 0.699. The summed E-state index contributed by atoms with van der Waals surface area (Å²) in [5.41, 5.74) is 2.74. The Labute approximate surface area is 121 Å². The molecule has 0 saturated carbocycles. The van der Waals surface area contributed by atoms with Crippen molar-refractivity contribution in [2.75, 3.05) is 31.2 Å². The Bertz CT molecular complexity index is 751. The highest BCUT2D eigenvalue weighted by molar-refractivity contribution is 5.70. The van der Waals surface area contributed by atoms with Gasteiger partial charge >= 0.3 is 0 Å². The highest BCUT2D eigenvalue weighted by Crippen LogP contribution is 2.24. The fraction of sp³-hybridized carbons (Fsp3) is 0.286. The van der Waals surface area contributed by atoms with Gasteiger partial charge < -0.3 is 9.64 Å². The second-order valence-corrected chi connectivity index (χ2v) is 4.81. The third-order valence-corrected chi connectivity index (χ3v) is 3.58. The van der Waals surface area contributed by atoms with Crippen molar-refractivity contribution in [1.82, 2.24) is 24.3 Å². The van der Waals surface area contributed by atoms with E-state index in [0.717, 1.165) is 49.0 Å². The van der Waals surface area contributed by atoms with Gasteiger partial charge in [-0.3, -0.25) is 4.40 Å². The van der Waals surface area contributed by atoms with E-state index in [-0.39, 0.29) is 0 Å². The molecule has 0 aliphatic carbocycles. The van der Waals surface area contributed by atoms with E-state index in [1.807, 2.05) is 16.8 Å². The normalized spacial score (nSPS) is 15.5. The van der Waals surface area contributed by atoms with Crippen LogP contribution in [0.5, 0.6) is 0 Å². The number of morpholine rings is 1. The van der Waals surface area contributed by atoms with Crippen LogP contribution in [0, 0.1) is 0 Å². The van der Waals surface area contributed by atoms with Crippen molar-refractivity contribution >= 4 is 11.5 Å². The molecule has 0 spiro atoms. The van der Waals surface area contributed by atoms with Gasteiger partial charge in [0.2, 0.25) is 0 Å². The number of imidazole rings is 1. The molecule has 0 atom stereocenters. The van der Waals surface area contributed by atoms with E-state index >= 15 is 0 Å². The average Bonchev–Trinajstić information content (AvgIpc) is 3.00. The van der Waals surface area contributed by atoms with E-state index in [2.05, 4.69) is 24.8 Å². The van der Waals surface area contributed by atoms with Crippen molar-refractivity contribution < 1.29 is 4.74 Å². The van der Waals surface area contributed by atoms with E-state index in [1.165, 1.54) is 6.33 Å². The first-order chi connectivity index (χ1) is 10.4. The lowest BCUT2D eigenvalue weighted by molar-refractivity contribution is 0.122. The van der Waals surface area contributed by atoms with Crippen molar-refractivity contribution in [2.45, 2.75) is 0 Å². The zero-order chi connectivity index (χ0) is 14.1. The molecule has 0 radical (unpaired) electrons. The Morgan fingerprint density at radius 3 is 2.62 bits per heavy atom. The number of rotatable bonds is 2. The predicted molar refractivity (Wildman–Crippen MR) is 77.0 cm³/mol. The lowest BCUT2D eigenvalue weighted by Crippen LogP contribution is -2.37. The van der Waals surface area contributed by atoms with Crippen LogP contribution in [-0.2, 0) is 4.74 Å². The zero-order valence-electron chi connectivity index (χ0n) is 11.4. The summed E-state index contributed by atoms with van der Waals surface area (Å²) in [7, 11) is 0. The van der Waals surface area contributed by atoms with Crippen molar-refractivity contribution in [3.05, 3.63) is 37.3 Å². The molecule has 3 aromatic rings. The number of ether oxygens (including phenoxy) is 1. The first kappa shape index (κ1) is 12.2. The van der Waals surface area contributed by atoms with E-state index in [4.69, 9.17) is 4.74 Å². The van der Waals surface area contributed by atoms with Gasteiger partial charge in [0.25, 0.3) is 0 Å². The molecule has 4 rings (SSSR count). The summed E-state index contributed by atoms with van der Waals surface area (Å²) in [6.07, 6.45) is 10.6. The molecule has 1 saturated heterocycles. The van der Waals surface area contributed by atoms with Crippen molar-refractivity contribution in [3.63, 3.8) is 0 Å². The van der Waals surface area contributed by atoms with Gasteiger partial charge in [-0.15, -0.1) is 0 Å². The first-order valence-electron chi connectivity index (χ1n) is 6.83. The van der Waals surface area contributed by atoms with Gasteiger partial charge in [-0.25, -0.2) is 19.9 Å². The van der Waals surface area contributed by atoms with Gasteiger partial charge in [0, 0.05) is 43.4 Å². The van der Waals surface area contributed by atoms with Crippen LogP contribution in [0.25, 0.3) is 16.9 Å². The Morgan fingerprint density at radius 2 is 1.81 bits per heavy atom. The highest BCUT2D eigenvalue weighted by atomic mass is 16.5.